The molecular weight excluding hydrogens is 258 g/mol. The average Bonchev–Trinajstić information content (AvgIpc) is 2.72. The van der Waals surface area contributed by atoms with Gasteiger partial charge in [0.25, 0.3) is 0 Å². The van der Waals surface area contributed by atoms with Gasteiger partial charge in [-0.1, -0.05) is 32.4 Å². The highest BCUT2D eigenvalue weighted by atomic mass is 35.5. The van der Waals surface area contributed by atoms with Gasteiger partial charge in [-0.25, -0.2) is 0 Å². The third-order valence-corrected chi connectivity index (χ3v) is 3.75. The molecule has 0 aliphatic heterocycles. The Morgan fingerprint density at radius 2 is 2.05 bits per heavy atom. The fourth-order valence-electron chi connectivity index (χ4n) is 2.63. The van der Waals surface area contributed by atoms with Crippen molar-refractivity contribution < 1.29 is 4.42 Å². The summed E-state index contributed by atoms with van der Waals surface area (Å²) in [5, 5.41) is 5.28. The van der Waals surface area contributed by atoms with Crippen molar-refractivity contribution in [3.63, 3.8) is 0 Å². The molecule has 1 atom stereocenters. The monoisotopic (exact) mass is 279 g/mol. The maximum absolute atomic E-state index is 6.02. The lowest BCUT2D eigenvalue weighted by molar-refractivity contribution is 0.336. The minimum absolute atomic E-state index is 0.00703. The van der Waals surface area contributed by atoms with Crippen LogP contribution in [0.25, 0.3) is 11.0 Å². The summed E-state index contributed by atoms with van der Waals surface area (Å²) in [5.74, 6) is 1.02. The van der Waals surface area contributed by atoms with E-state index in [0.29, 0.717) is 6.04 Å². The van der Waals surface area contributed by atoms with Crippen molar-refractivity contribution in [2.24, 2.45) is 0 Å². The van der Waals surface area contributed by atoms with Crippen LogP contribution in [-0.2, 0) is 5.41 Å². The second kappa shape index (κ2) is 5.56. The Kier molecular flexibility index (Phi) is 4.22. The lowest BCUT2D eigenvalue weighted by Crippen LogP contribution is -2.32. The van der Waals surface area contributed by atoms with Crippen molar-refractivity contribution in [3.8, 4) is 0 Å². The van der Waals surface area contributed by atoms with Crippen molar-refractivity contribution >= 4 is 22.6 Å². The molecular formula is C16H22ClNO. The molecule has 0 spiro atoms. The number of rotatable bonds is 5. The van der Waals surface area contributed by atoms with Crippen molar-refractivity contribution in [1.29, 1.82) is 0 Å². The van der Waals surface area contributed by atoms with Crippen LogP contribution in [0.4, 0.5) is 0 Å². The quantitative estimate of drug-likeness (QED) is 0.854. The summed E-state index contributed by atoms with van der Waals surface area (Å²) < 4.78 is 5.98. The molecule has 0 aliphatic carbocycles. The Balaban J connectivity index is 2.26. The second-order valence-corrected chi connectivity index (χ2v) is 6.28. The standard InChI is InChI=1S/C16H22ClNO/c1-5-18-11(2)10-16(3,4)15-9-12-8-13(17)6-7-14(12)19-15/h6-9,11,18H,5,10H2,1-4H3. The summed E-state index contributed by atoms with van der Waals surface area (Å²) in [6.45, 7) is 9.78. The third-order valence-electron chi connectivity index (χ3n) is 3.51. The highest BCUT2D eigenvalue weighted by molar-refractivity contribution is 6.31. The van der Waals surface area contributed by atoms with E-state index in [9.17, 15) is 0 Å². The summed E-state index contributed by atoms with van der Waals surface area (Å²) in [6, 6.07) is 8.33. The number of fused-ring (bicyclic) bond motifs is 1. The van der Waals surface area contributed by atoms with Gasteiger partial charge in [0.1, 0.15) is 11.3 Å². The molecule has 1 heterocycles. The molecule has 104 valence electrons. The molecule has 3 heteroatoms. The number of furan rings is 1. The molecule has 2 rings (SSSR count). The van der Waals surface area contributed by atoms with Gasteiger partial charge in [-0.3, -0.25) is 0 Å². The molecule has 2 nitrogen and oxygen atoms in total. The first-order chi connectivity index (χ1) is 8.92. The van der Waals surface area contributed by atoms with Gasteiger partial charge in [0.2, 0.25) is 0 Å². The average molecular weight is 280 g/mol. The van der Waals surface area contributed by atoms with Crippen LogP contribution < -0.4 is 5.32 Å². The Bertz CT molecular complexity index is 559. The van der Waals surface area contributed by atoms with Crippen LogP contribution in [0.5, 0.6) is 0 Å². The Labute approximate surface area is 120 Å². The molecule has 1 aromatic heterocycles. The van der Waals surface area contributed by atoms with Crippen LogP contribution in [0.2, 0.25) is 5.02 Å². The van der Waals surface area contributed by atoms with Gasteiger partial charge in [0.15, 0.2) is 0 Å². The minimum Gasteiger partial charge on any atom is -0.461 e. The number of halogens is 1. The Hall–Kier alpha value is -0.990. The second-order valence-electron chi connectivity index (χ2n) is 5.84. The number of hydrogen-bond donors (Lipinski definition) is 1. The van der Waals surface area contributed by atoms with Crippen LogP contribution in [0, 0.1) is 0 Å². The smallest absolute Gasteiger partial charge is 0.134 e. The molecule has 1 N–H and O–H groups in total. The molecule has 0 aliphatic rings. The van der Waals surface area contributed by atoms with E-state index in [-0.39, 0.29) is 5.41 Å². The molecule has 19 heavy (non-hydrogen) atoms. The van der Waals surface area contributed by atoms with Gasteiger partial charge in [-0.2, -0.15) is 0 Å². The topological polar surface area (TPSA) is 25.2 Å². The van der Waals surface area contributed by atoms with Crippen molar-refractivity contribution in [2.45, 2.75) is 45.6 Å². The molecule has 1 unspecified atom stereocenters. The first-order valence-electron chi connectivity index (χ1n) is 6.85. The minimum atomic E-state index is 0.00703. The maximum Gasteiger partial charge on any atom is 0.134 e. The summed E-state index contributed by atoms with van der Waals surface area (Å²) in [7, 11) is 0. The Morgan fingerprint density at radius 1 is 1.32 bits per heavy atom. The molecule has 1 aromatic carbocycles. The lowest BCUT2D eigenvalue weighted by Gasteiger charge is -2.26. The highest BCUT2D eigenvalue weighted by Gasteiger charge is 2.27. The fraction of sp³-hybridized carbons (Fsp3) is 0.500. The normalized spacial score (nSPS) is 13.9. The predicted molar refractivity (Wildman–Crippen MR) is 82.0 cm³/mol. The predicted octanol–water partition coefficient (Wildman–Crippen LogP) is 4.75. The first kappa shape index (κ1) is 14.4. The molecule has 0 bridgehead atoms. The summed E-state index contributed by atoms with van der Waals surface area (Å²) in [5.41, 5.74) is 0.913. The van der Waals surface area contributed by atoms with Crippen LogP contribution in [0.3, 0.4) is 0 Å². The third kappa shape index (κ3) is 3.31. The van der Waals surface area contributed by atoms with Crippen LogP contribution in [-0.4, -0.2) is 12.6 Å². The molecule has 0 saturated heterocycles. The van der Waals surface area contributed by atoms with Gasteiger partial charge in [0.05, 0.1) is 0 Å². The van der Waals surface area contributed by atoms with E-state index in [2.05, 4.69) is 39.1 Å². The zero-order chi connectivity index (χ0) is 14.0. The zero-order valence-corrected chi connectivity index (χ0v) is 12.8. The maximum atomic E-state index is 6.02. The van der Waals surface area contributed by atoms with Crippen molar-refractivity contribution in [1.82, 2.24) is 5.32 Å². The van der Waals surface area contributed by atoms with E-state index in [1.807, 2.05) is 18.2 Å². The highest BCUT2D eigenvalue weighted by Crippen LogP contribution is 2.33. The van der Waals surface area contributed by atoms with Gasteiger partial charge < -0.3 is 9.73 Å². The summed E-state index contributed by atoms with van der Waals surface area (Å²) >= 11 is 6.02. The largest absolute Gasteiger partial charge is 0.461 e. The van der Waals surface area contributed by atoms with E-state index < -0.39 is 0 Å². The van der Waals surface area contributed by atoms with E-state index >= 15 is 0 Å². The SMILES string of the molecule is CCNC(C)CC(C)(C)c1cc2cc(Cl)ccc2o1. The summed E-state index contributed by atoms with van der Waals surface area (Å²) in [4.78, 5) is 0. The number of hydrogen-bond acceptors (Lipinski definition) is 2. The zero-order valence-electron chi connectivity index (χ0n) is 12.1. The van der Waals surface area contributed by atoms with E-state index in [0.717, 1.165) is 34.7 Å². The number of benzene rings is 1. The molecule has 0 amide bonds. The van der Waals surface area contributed by atoms with Gasteiger partial charge in [-0.15, -0.1) is 0 Å². The van der Waals surface area contributed by atoms with Gasteiger partial charge >= 0.3 is 0 Å². The van der Waals surface area contributed by atoms with E-state index in [4.69, 9.17) is 16.0 Å². The lowest BCUT2D eigenvalue weighted by atomic mass is 9.83. The van der Waals surface area contributed by atoms with Crippen molar-refractivity contribution in [3.05, 3.63) is 35.0 Å². The number of nitrogens with one attached hydrogen (secondary N) is 1. The van der Waals surface area contributed by atoms with Crippen LogP contribution >= 0.6 is 11.6 Å². The van der Waals surface area contributed by atoms with E-state index in [1.54, 1.807) is 0 Å². The fourth-order valence-corrected chi connectivity index (χ4v) is 2.81. The van der Waals surface area contributed by atoms with Gasteiger partial charge in [-0.05, 0) is 44.2 Å². The van der Waals surface area contributed by atoms with Crippen molar-refractivity contribution in [2.75, 3.05) is 6.54 Å². The molecule has 0 saturated carbocycles. The summed E-state index contributed by atoms with van der Waals surface area (Å²) in [6.07, 6.45) is 1.04. The first-order valence-corrected chi connectivity index (χ1v) is 7.23. The molecule has 2 aromatic rings. The molecule has 0 fully saturated rings. The van der Waals surface area contributed by atoms with Crippen LogP contribution in [0.1, 0.15) is 39.9 Å². The molecule has 0 radical (unpaired) electrons. The Morgan fingerprint density at radius 3 is 2.74 bits per heavy atom. The van der Waals surface area contributed by atoms with E-state index in [1.165, 1.54) is 0 Å². The van der Waals surface area contributed by atoms with Crippen LogP contribution in [0.15, 0.2) is 28.7 Å². The van der Waals surface area contributed by atoms with Gasteiger partial charge in [0, 0.05) is 21.9 Å².